The van der Waals surface area contributed by atoms with Crippen LogP contribution < -0.4 is 4.57 Å². The van der Waals surface area contributed by atoms with E-state index in [0.29, 0.717) is 0 Å². The Morgan fingerprint density at radius 2 is 2.05 bits per heavy atom. The molecular weight excluding hydrogens is 250 g/mol. The average molecular weight is 264 g/mol. The van der Waals surface area contributed by atoms with E-state index >= 15 is 0 Å². The molecule has 0 bridgehead atoms. The van der Waals surface area contributed by atoms with Crippen LogP contribution in [0.25, 0.3) is 27.9 Å². The van der Waals surface area contributed by atoms with Crippen molar-refractivity contribution in [1.29, 1.82) is 0 Å². The second kappa shape index (κ2) is 3.93. The Kier molecular flexibility index (Phi) is 2.21. The van der Waals surface area contributed by atoms with E-state index in [0.717, 1.165) is 27.9 Å². The fourth-order valence-electron chi connectivity index (χ4n) is 2.73. The lowest BCUT2D eigenvalue weighted by molar-refractivity contribution is -0.660. The zero-order valence-electron chi connectivity index (χ0n) is 11.4. The fraction of sp³-hybridized carbons (Fsp3) is 0.125. The molecule has 20 heavy (non-hydrogen) atoms. The molecule has 0 saturated carbocycles. The van der Waals surface area contributed by atoms with E-state index in [9.17, 15) is 0 Å². The van der Waals surface area contributed by atoms with Crippen LogP contribution in [0, 0.1) is 6.92 Å². The molecule has 1 aromatic carbocycles. The number of aryl methyl sites for hydroxylation is 2. The van der Waals surface area contributed by atoms with Crippen molar-refractivity contribution in [2.45, 2.75) is 6.92 Å². The molecule has 4 aromatic rings. The van der Waals surface area contributed by atoms with Crippen molar-refractivity contribution in [3.63, 3.8) is 0 Å². The van der Waals surface area contributed by atoms with Crippen LogP contribution in [0.15, 0.2) is 53.4 Å². The number of benzene rings is 1. The second-order valence-electron chi connectivity index (χ2n) is 4.99. The van der Waals surface area contributed by atoms with Gasteiger partial charge in [0.05, 0.1) is 11.1 Å². The molecule has 0 N–H and O–H groups in total. The summed E-state index contributed by atoms with van der Waals surface area (Å²) in [5.41, 5.74) is 6.32. The number of imidazole rings is 1. The van der Waals surface area contributed by atoms with E-state index in [4.69, 9.17) is 4.52 Å². The van der Waals surface area contributed by atoms with Crippen molar-refractivity contribution in [3.05, 3.63) is 54.4 Å². The standard InChI is InChI=1S/C16H14N3O/c1-11-6-7-12-16(19-14(17-12)8-10-20-19)15(11)13-5-3-4-9-18(13)2/h3-10H,1-2H3/q+1. The minimum atomic E-state index is 0.838. The van der Waals surface area contributed by atoms with Crippen LogP contribution in [0.5, 0.6) is 0 Å². The summed E-state index contributed by atoms with van der Waals surface area (Å²) in [7, 11) is 2.05. The summed E-state index contributed by atoms with van der Waals surface area (Å²) in [6, 6.07) is 12.2. The molecular formula is C16H14N3O+. The first-order valence-electron chi connectivity index (χ1n) is 6.56. The number of aromatic nitrogens is 3. The molecule has 98 valence electrons. The maximum atomic E-state index is 5.57. The monoisotopic (exact) mass is 264 g/mol. The lowest BCUT2D eigenvalue weighted by Crippen LogP contribution is -2.30. The number of hydrogen-bond acceptors (Lipinski definition) is 2. The van der Waals surface area contributed by atoms with Crippen LogP contribution in [-0.4, -0.2) is 9.56 Å². The first-order chi connectivity index (χ1) is 9.75. The van der Waals surface area contributed by atoms with Gasteiger partial charge in [-0.05, 0) is 24.6 Å². The molecule has 4 heteroatoms. The van der Waals surface area contributed by atoms with Gasteiger partial charge < -0.3 is 4.52 Å². The third-order valence-electron chi connectivity index (χ3n) is 3.71. The Hall–Kier alpha value is -2.62. The number of fused-ring (bicyclic) bond motifs is 3. The predicted octanol–water partition coefficient (Wildman–Crippen LogP) is 2.88. The van der Waals surface area contributed by atoms with Gasteiger partial charge in [0.25, 0.3) is 0 Å². The average Bonchev–Trinajstić information content (AvgIpc) is 3.01. The molecule has 0 fully saturated rings. The van der Waals surface area contributed by atoms with Gasteiger partial charge in [0, 0.05) is 18.2 Å². The molecule has 0 radical (unpaired) electrons. The quantitative estimate of drug-likeness (QED) is 0.495. The predicted molar refractivity (Wildman–Crippen MR) is 76.3 cm³/mol. The fourth-order valence-corrected chi connectivity index (χ4v) is 2.73. The van der Waals surface area contributed by atoms with Gasteiger partial charge in [-0.15, -0.1) is 0 Å². The third-order valence-corrected chi connectivity index (χ3v) is 3.71. The van der Waals surface area contributed by atoms with E-state index in [1.54, 1.807) is 10.8 Å². The SMILES string of the molecule is Cc1ccc2nc3ccon3c2c1-c1cccc[n+]1C. The van der Waals surface area contributed by atoms with Gasteiger partial charge in [0.15, 0.2) is 11.8 Å². The Labute approximate surface area is 115 Å². The minimum absolute atomic E-state index is 0.838. The first-order valence-corrected chi connectivity index (χ1v) is 6.56. The van der Waals surface area contributed by atoms with E-state index < -0.39 is 0 Å². The summed E-state index contributed by atoms with van der Waals surface area (Å²) in [5, 5.41) is 0. The molecule has 0 unspecified atom stereocenters. The number of nitrogens with zero attached hydrogens (tertiary/aromatic N) is 3. The summed E-state index contributed by atoms with van der Waals surface area (Å²) in [4.78, 5) is 4.59. The highest BCUT2D eigenvalue weighted by molar-refractivity contribution is 5.94. The van der Waals surface area contributed by atoms with Crippen molar-refractivity contribution in [1.82, 2.24) is 9.56 Å². The van der Waals surface area contributed by atoms with E-state index in [1.165, 1.54) is 5.56 Å². The highest BCUT2D eigenvalue weighted by Crippen LogP contribution is 2.30. The van der Waals surface area contributed by atoms with Gasteiger partial charge in [-0.1, -0.05) is 6.07 Å². The Morgan fingerprint density at radius 1 is 1.15 bits per heavy atom. The van der Waals surface area contributed by atoms with Crippen LogP contribution in [0.2, 0.25) is 0 Å². The summed E-state index contributed by atoms with van der Waals surface area (Å²) in [5.74, 6) is 0. The molecule has 0 spiro atoms. The topological polar surface area (TPSA) is 34.3 Å². The van der Waals surface area contributed by atoms with Gasteiger partial charge in [0.1, 0.15) is 18.8 Å². The lowest BCUT2D eigenvalue weighted by atomic mass is 10.0. The molecule has 0 saturated heterocycles. The molecule has 0 atom stereocenters. The van der Waals surface area contributed by atoms with Gasteiger partial charge in [0.2, 0.25) is 5.69 Å². The third kappa shape index (κ3) is 1.42. The summed E-state index contributed by atoms with van der Waals surface area (Å²) >= 11 is 0. The highest BCUT2D eigenvalue weighted by atomic mass is 16.5. The molecule has 3 aromatic heterocycles. The van der Waals surface area contributed by atoms with Crippen molar-refractivity contribution in [3.8, 4) is 11.3 Å². The normalized spacial score (nSPS) is 11.5. The summed E-state index contributed by atoms with van der Waals surface area (Å²) in [6.45, 7) is 2.12. The van der Waals surface area contributed by atoms with Crippen LogP contribution in [0.3, 0.4) is 0 Å². The van der Waals surface area contributed by atoms with Crippen molar-refractivity contribution < 1.29 is 9.09 Å². The van der Waals surface area contributed by atoms with Gasteiger partial charge in [-0.2, -0.15) is 4.57 Å². The first kappa shape index (κ1) is 11.2. The van der Waals surface area contributed by atoms with Crippen LogP contribution in [0.4, 0.5) is 0 Å². The van der Waals surface area contributed by atoms with E-state index in [1.807, 2.05) is 37.5 Å². The zero-order valence-corrected chi connectivity index (χ0v) is 11.4. The molecule has 0 aliphatic rings. The van der Waals surface area contributed by atoms with Crippen molar-refractivity contribution >= 4 is 16.7 Å². The molecule has 4 nitrogen and oxygen atoms in total. The number of rotatable bonds is 1. The van der Waals surface area contributed by atoms with Crippen molar-refractivity contribution in [2.75, 3.05) is 0 Å². The van der Waals surface area contributed by atoms with Crippen LogP contribution in [0.1, 0.15) is 5.56 Å². The van der Waals surface area contributed by atoms with Crippen LogP contribution in [-0.2, 0) is 7.05 Å². The Morgan fingerprint density at radius 3 is 2.90 bits per heavy atom. The maximum absolute atomic E-state index is 5.57. The Balaban J connectivity index is 2.22. The van der Waals surface area contributed by atoms with Crippen molar-refractivity contribution in [2.24, 2.45) is 7.05 Å². The maximum Gasteiger partial charge on any atom is 0.214 e. The second-order valence-corrected chi connectivity index (χ2v) is 4.99. The summed E-state index contributed by atoms with van der Waals surface area (Å²) < 4.78 is 9.48. The van der Waals surface area contributed by atoms with Gasteiger partial charge in [-0.25, -0.2) is 9.55 Å². The lowest BCUT2D eigenvalue weighted by Gasteiger charge is -2.05. The molecule has 3 heterocycles. The molecule has 0 aliphatic carbocycles. The van der Waals surface area contributed by atoms with E-state index in [-0.39, 0.29) is 0 Å². The van der Waals surface area contributed by atoms with Gasteiger partial charge in [-0.3, -0.25) is 0 Å². The smallest absolute Gasteiger partial charge is 0.214 e. The largest absolute Gasteiger partial charge is 0.381 e. The number of hydrogen-bond donors (Lipinski definition) is 0. The van der Waals surface area contributed by atoms with Gasteiger partial charge >= 0.3 is 0 Å². The van der Waals surface area contributed by atoms with E-state index in [2.05, 4.69) is 28.6 Å². The highest BCUT2D eigenvalue weighted by Gasteiger charge is 2.20. The Bertz CT molecular complexity index is 933. The molecule has 4 rings (SSSR count). The molecule has 0 amide bonds. The van der Waals surface area contributed by atoms with Crippen LogP contribution >= 0.6 is 0 Å². The minimum Gasteiger partial charge on any atom is -0.381 e. The molecule has 0 aliphatic heterocycles. The zero-order chi connectivity index (χ0) is 13.7. The number of pyridine rings is 1. The summed E-state index contributed by atoms with van der Waals surface area (Å²) in [6.07, 6.45) is 3.72.